The summed E-state index contributed by atoms with van der Waals surface area (Å²) >= 11 is 0. The molecule has 6 aromatic carbocycles. The first-order chi connectivity index (χ1) is 18.6. The van der Waals surface area contributed by atoms with Crippen LogP contribution >= 0.6 is 0 Å². The Bertz CT molecular complexity index is 1980. The van der Waals surface area contributed by atoms with Crippen molar-refractivity contribution in [2.24, 2.45) is 0 Å². The van der Waals surface area contributed by atoms with Crippen molar-refractivity contribution in [2.75, 3.05) is 0 Å². The monoisotopic (exact) mass is 486 g/mol. The molecule has 0 amide bonds. The third kappa shape index (κ3) is 2.82. The van der Waals surface area contributed by atoms with Gasteiger partial charge in [0.2, 0.25) is 0 Å². The highest BCUT2D eigenvalue weighted by molar-refractivity contribution is 6.21. The topological polar surface area (TPSA) is 13.1 Å². The first kappa shape index (κ1) is 21.5. The van der Waals surface area contributed by atoms with Crippen molar-refractivity contribution in [3.63, 3.8) is 0 Å². The molecule has 0 unspecified atom stereocenters. The maximum absolute atomic E-state index is 6.42. The lowest BCUT2D eigenvalue weighted by molar-refractivity contribution is 0.619. The molecule has 1 heteroatoms. The van der Waals surface area contributed by atoms with Crippen LogP contribution in [0.2, 0.25) is 0 Å². The number of hydrogen-bond donors (Lipinski definition) is 0. The van der Waals surface area contributed by atoms with Gasteiger partial charge >= 0.3 is 0 Å². The number of rotatable bonds is 2. The van der Waals surface area contributed by atoms with Gasteiger partial charge in [-0.15, -0.1) is 0 Å². The standard InChI is InChI=1S/C37H26O/c1-37(2)31-22-24(20-21-29(31)36-35(37)30-18-10-11-19-32(30)38-36)34-27-16-8-6-14-25(27)33(23-12-4-3-5-13-23)26-15-7-9-17-28(26)34/h3-22H,1-2H3. The van der Waals surface area contributed by atoms with Gasteiger partial charge in [0.25, 0.3) is 0 Å². The molecule has 180 valence electrons. The van der Waals surface area contributed by atoms with Gasteiger partial charge in [-0.1, -0.05) is 123 Å². The summed E-state index contributed by atoms with van der Waals surface area (Å²) < 4.78 is 6.42. The second-order valence-electron chi connectivity index (χ2n) is 10.9. The Kier molecular flexibility index (Phi) is 4.35. The maximum Gasteiger partial charge on any atom is 0.139 e. The van der Waals surface area contributed by atoms with E-state index < -0.39 is 0 Å². The number of furan rings is 1. The number of benzene rings is 6. The highest BCUT2D eigenvalue weighted by Crippen LogP contribution is 2.54. The Hall–Kier alpha value is -4.62. The summed E-state index contributed by atoms with van der Waals surface area (Å²) in [4.78, 5) is 0. The second kappa shape index (κ2) is 7.69. The zero-order valence-electron chi connectivity index (χ0n) is 21.5. The summed E-state index contributed by atoms with van der Waals surface area (Å²) in [5.41, 5.74) is 9.74. The molecule has 8 rings (SSSR count). The van der Waals surface area contributed by atoms with Crippen molar-refractivity contribution in [1.82, 2.24) is 0 Å². The minimum atomic E-state index is -0.150. The molecule has 0 spiro atoms. The molecule has 1 aromatic heterocycles. The van der Waals surface area contributed by atoms with E-state index in [1.807, 2.05) is 6.07 Å². The molecule has 0 saturated carbocycles. The average Bonchev–Trinajstić information content (AvgIpc) is 3.45. The number of hydrogen-bond acceptors (Lipinski definition) is 1. The third-order valence-corrected chi connectivity index (χ3v) is 8.44. The van der Waals surface area contributed by atoms with Crippen LogP contribution in [0.3, 0.4) is 0 Å². The normalized spacial score (nSPS) is 13.7. The van der Waals surface area contributed by atoms with Crippen LogP contribution in [-0.4, -0.2) is 0 Å². The van der Waals surface area contributed by atoms with Crippen LogP contribution in [0, 0.1) is 0 Å². The molecule has 0 radical (unpaired) electrons. The van der Waals surface area contributed by atoms with Gasteiger partial charge < -0.3 is 4.42 Å². The minimum absolute atomic E-state index is 0.150. The fourth-order valence-electron chi connectivity index (χ4n) is 6.76. The molecule has 1 aliphatic carbocycles. The lowest BCUT2D eigenvalue weighted by atomic mass is 9.79. The Morgan fingerprint density at radius 3 is 1.66 bits per heavy atom. The zero-order chi connectivity index (χ0) is 25.4. The van der Waals surface area contributed by atoms with Gasteiger partial charge in [0.15, 0.2) is 0 Å². The molecule has 0 bridgehead atoms. The van der Waals surface area contributed by atoms with E-state index in [-0.39, 0.29) is 5.41 Å². The maximum atomic E-state index is 6.42. The minimum Gasteiger partial charge on any atom is -0.456 e. The smallest absolute Gasteiger partial charge is 0.139 e. The van der Waals surface area contributed by atoms with Gasteiger partial charge in [-0.25, -0.2) is 0 Å². The molecule has 0 fully saturated rings. The van der Waals surface area contributed by atoms with Crippen molar-refractivity contribution in [3.05, 3.63) is 132 Å². The second-order valence-corrected chi connectivity index (χ2v) is 10.9. The van der Waals surface area contributed by atoms with Gasteiger partial charge in [-0.2, -0.15) is 0 Å². The van der Waals surface area contributed by atoms with Crippen molar-refractivity contribution in [1.29, 1.82) is 0 Å². The Labute approximate surface area is 222 Å². The molecule has 7 aromatic rings. The van der Waals surface area contributed by atoms with Crippen molar-refractivity contribution in [3.8, 4) is 33.6 Å². The van der Waals surface area contributed by atoms with E-state index in [4.69, 9.17) is 4.42 Å². The van der Waals surface area contributed by atoms with Crippen LogP contribution in [0.4, 0.5) is 0 Å². The van der Waals surface area contributed by atoms with E-state index in [1.54, 1.807) is 0 Å². The van der Waals surface area contributed by atoms with Gasteiger partial charge in [-0.05, 0) is 61.5 Å². The molecule has 0 N–H and O–H groups in total. The Morgan fingerprint density at radius 2 is 1.03 bits per heavy atom. The highest BCUT2D eigenvalue weighted by atomic mass is 16.3. The predicted octanol–water partition coefficient (Wildman–Crippen LogP) is 10.4. The first-order valence-electron chi connectivity index (χ1n) is 13.3. The van der Waals surface area contributed by atoms with Crippen molar-refractivity contribution < 1.29 is 4.42 Å². The summed E-state index contributed by atoms with van der Waals surface area (Å²) in [6.45, 7) is 4.66. The fourth-order valence-corrected chi connectivity index (χ4v) is 6.76. The van der Waals surface area contributed by atoms with Crippen LogP contribution in [0.25, 0.3) is 66.1 Å². The summed E-state index contributed by atoms with van der Waals surface area (Å²) in [5, 5.41) is 6.34. The van der Waals surface area contributed by atoms with E-state index in [2.05, 4.69) is 129 Å². The molecule has 0 saturated heterocycles. The largest absolute Gasteiger partial charge is 0.456 e. The van der Waals surface area contributed by atoms with Crippen molar-refractivity contribution >= 4 is 32.5 Å². The van der Waals surface area contributed by atoms with Crippen LogP contribution < -0.4 is 0 Å². The van der Waals surface area contributed by atoms with E-state index in [0.717, 1.165) is 11.3 Å². The van der Waals surface area contributed by atoms with E-state index >= 15 is 0 Å². The van der Waals surface area contributed by atoms with Crippen molar-refractivity contribution in [2.45, 2.75) is 19.3 Å². The summed E-state index contributed by atoms with van der Waals surface area (Å²) in [7, 11) is 0. The van der Waals surface area contributed by atoms with Gasteiger partial charge in [0.05, 0.1) is 0 Å². The van der Waals surface area contributed by atoms with E-state index in [1.165, 1.54) is 65.9 Å². The molecule has 1 nitrogen and oxygen atoms in total. The third-order valence-electron chi connectivity index (χ3n) is 8.44. The Balaban J connectivity index is 1.44. The number of para-hydroxylation sites is 1. The molecule has 38 heavy (non-hydrogen) atoms. The summed E-state index contributed by atoms with van der Waals surface area (Å²) in [6, 6.07) is 43.9. The zero-order valence-corrected chi connectivity index (χ0v) is 21.5. The SMILES string of the molecule is CC1(C)c2cc(-c3c4ccccc4c(-c4ccccc4)c4ccccc34)ccc2-c2oc3ccccc3c21. The van der Waals surface area contributed by atoms with E-state index in [0.29, 0.717) is 0 Å². The summed E-state index contributed by atoms with van der Waals surface area (Å²) in [5.74, 6) is 1.02. The lowest BCUT2D eigenvalue weighted by Gasteiger charge is -2.23. The first-order valence-corrected chi connectivity index (χ1v) is 13.3. The van der Waals surface area contributed by atoms with Gasteiger partial charge in [0, 0.05) is 21.9 Å². The molecular formula is C37H26O. The van der Waals surface area contributed by atoms with Gasteiger partial charge in [0.1, 0.15) is 11.3 Å². The quantitative estimate of drug-likeness (QED) is 0.222. The van der Waals surface area contributed by atoms with Crippen LogP contribution in [0.5, 0.6) is 0 Å². The predicted molar refractivity (Wildman–Crippen MR) is 160 cm³/mol. The molecule has 1 heterocycles. The molecule has 0 aliphatic heterocycles. The molecular weight excluding hydrogens is 460 g/mol. The van der Waals surface area contributed by atoms with Crippen LogP contribution in [0.15, 0.2) is 126 Å². The molecule has 1 aliphatic rings. The highest BCUT2D eigenvalue weighted by Gasteiger charge is 2.40. The van der Waals surface area contributed by atoms with E-state index in [9.17, 15) is 0 Å². The number of fused-ring (bicyclic) bond motifs is 7. The van der Waals surface area contributed by atoms with Crippen LogP contribution in [-0.2, 0) is 5.41 Å². The lowest BCUT2D eigenvalue weighted by Crippen LogP contribution is -2.15. The average molecular weight is 487 g/mol. The fraction of sp³-hybridized carbons (Fsp3) is 0.0811. The Morgan fingerprint density at radius 1 is 0.500 bits per heavy atom. The van der Waals surface area contributed by atoms with Crippen LogP contribution in [0.1, 0.15) is 25.0 Å². The summed E-state index contributed by atoms with van der Waals surface area (Å²) in [6.07, 6.45) is 0. The molecule has 0 atom stereocenters. The van der Waals surface area contributed by atoms with Gasteiger partial charge in [-0.3, -0.25) is 0 Å².